The van der Waals surface area contributed by atoms with Gasteiger partial charge in [0.15, 0.2) is 6.10 Å². The number of para-hydroxylation sites is 1. The normalized spacial score (nSPS) is 18.8. The molecule has 1 fully saturated rings. The first kappa shape index (κ1) is 19.1. The van der Waals surface area contributed by atoms with Crippen LogP contribution in [-0.4, -0.2) is 42.1 Å². The summed E-state index contributed by atoms with van der Waals surface area (Å²) in [7, 11) is 0. The van der Waals surface area contributed by atoms with Gasteiger partial charge in [0, 0.05) is 12.6 Å². The van der Waals surface area contributed by atoms with E-state index in [-0.39, 0.29) is 23.3 Å². The van der Waals surface area contributed by atoms with E-state index < -0.39 is 18.7 Å². The van der Waals surface area contributed by atoms with Gasteiger partial charge in [-0.3, -0.25) is 4.79 Å². The van der Waals surface area contributed by atoms with Crippen LogP contribution in [0.2, 0.25) is 0 Å². The minimum absolute atomic E-state index is 0.131. The maximum Gasteiger partial charge on any atom is 0.387 e. The molecule has 0 aromatic heterocycles. The standard InChI is InChI=1S/C18H23F2NO4/c1-3-13-8-6-7-11-21(13)16(22)12(2)24-17(23)14-9-4-5-10-15(14)25-18(19)20/h4-5,9-10,12-13,18H,3,6-8,11H2,1-2H3. The second-order valence-corrected chi connectivity index (χ2v) is 6.01. The fraction of sp³-hybridized carbons (Fsp3) is 0.556. The molecular weight excluding hydrogens is 332 g/mol. The molecule has 25 heavy (non-hydrogen) atoms. The highest BCUT2D eigenvalue weighted by atomic mass is 19.3. The van der Waals surface area contributed by atoms with Crippen molar-refractivity contribution in [1.29, 1.82) is 0 Å². The van der Waals surface area contributed by atoms with E-state index in [1.807, 2.05) is 6.92 Å². The first-order chi connectivity index (χ1) is 11.9. The van der Waals surface area contributed by atoms with Crippen molar-refractivity contribution in [2.45, 2.75) is 58.3 Å². The number of hydrogen-bond acceptors (Lipinski definition) is 4. The smallest absolute Gasteiger partial charge is 0.387 e. The molecule has 2 unspecified atom stereocenters. The maximum absolute atomic E-state index is 12.6. The monoisotopic (exact) mass is 355 g/mol. The van der Waals surface area contributed by atoms with Gasteiger partial charge in [0.05, 0.1) is 0 Å². The Hall–Kier alpha value is -2.18. The predicted octanol–water partition coefficient (Wildman–Crippen LogP) is 3.62. The number of carbonyl (C=O) groups is 2. The van der Waals surface area contributed by atoms with Crippen LogP contribution in [0.3, 0.4) is 0 Å². The highest BCUT2D eigenvalue weighted by Gasteiger charge is 2.31. The summed E-state index contributed by atoms with van der Waals surface area (Å²) in [5.41, 5.74) is -0.131. The van der Waals surface area contributed by atoms with Crippen LogP contribution in [0.1, 0.15) is 49.9 Å². The van der Waals surface area contributed by atoms with Gasteiger partial charge in [0.1, 0.15) is 11.3 Å². The fourth-order valence-corrected chi connectivity index (χ4v) is 3.06. The largest absolute Gasteiger partial charge is 0.449 e. The number of ether oxygens (including phenoxy) is 2. The summed E-state index contributed by atoms with van der Waals surface area (Å²) < 4.78 is 34.4. The van der Waals surface area contributed by atoms with Gasteiger partial charge in [0.25, 0.3) is 5.91 Å². The third-order valence-electron chi connectivity index (χ3n) is 4.34. The van der Waals surface area contributed by atoms with Gasteiger partial charge in [-0.25, -0.2) is 4.79 Å². The Morgan fingerprint density at radius 1 is 1.28 bits per heavy atom. The Morgan fingerprint density at radius 2 is 2.00 bits per heavy atom. The molecule has 1 saturated heterocycles. The topological polar surface area (TPSA) is 55.8 Å². The van der Waals surface area contributed by atoms with Crippen LogP contribution < -0.4 is 4.74 Å². The third kappa shape index (κ3) is 4.90. The van der Waals surface area contributed by atoms with E-state index in [2.05, 4.69) is 4.74 Å². The Balaban J connectivity index is 2.06. The fourth-order valence-electron chi connectivity index (χ4n) is 3.06. The highest BCUT2D eigenvalue weighted by molar-refractivity contribution is 5.94. The Bertz CT molecular complexity index is 608. The molecule has 0 radical (unpaired) electrons. The molecule has 138 valence electrons. The molecule has 1 heterocycles. The molecule has 0 spiro atoms. The molecule has 5 nitrogen and oxygen atoms in total. The molecule has 1 amide bonds. The van der Waals surface area contributed by atoms with Crippen molar-refractivity contribution in [3.05, 3.63) is 29.8 Å². The summed E-state index contributed by atoms with van der Waals surface area (Å²) in [4.78, 5) is 26.6. The van der Waals surface area contributed by atoms with Crippen LogP contribution in [0.15, 0.2) is 24.3 Å². The number of carbonyl (C=O) groups excluding carboxylic acids is 2. The van der Waals surface area contributed by atoms with Crippen molar-refractivity contribution in [2.24, 2.45) is 0 Å². The summed E-state index contributed by atoms with van der Waals surface area (Å²) >= 11 is 0. The third-order valence-corrected chi connectivity index (χ3v) is 4.34. The summed E-state index contributed by atoms with van der Waals surface area (Å²) in [6, 6.07) is 5.72. The quantitative estimate of drug-likeness (QED) is 0.732. The van der Waals surface area contributed by atoms with Crippen molar-refractivity contribution in [2.75, 3.05) is 6.54 Å². The molecule has 1 aromatic carbocycles. The number of rotatable bonds is 6. The molecular formula is C18H23F2NO4. The first-order valence-corrected chi connectivity index (χ1v) is 8.49. The average Bonchev–Trinajstić information content (AvgIpc) is 2.60. The minimum atomic E-state index is -3.05. The van der Waals surface area contributed by atoms with Gasteiger partial charge in [-0.2, -0.15) is 8.78 Å². The average molecular weight is 355 g/mol. The number of nitrogens with zero attached hydrogens (tertiary/aromatic N) is 1. The molecule has 2 atom stereocenters. The molecule has 7 heteroatoms. The van der Waals surface area contributed by atoms with Crippen molar-refractivity contribution < 1.29 is 27.8 Å². The SMILES string of the molecule is CCC1CCCCN1C(=O)C(C)OC(=O)c1ccccc1OC(F)F. The van der Waals surface area contributed by atoms with Crippen LogP contribution >= 0.6 is 0 Å². The number of esters is 1. The molecule has 0 N–H and O–H groups in total. The Labute approximate surface area is 145 Å². The number of hydrogen-bond donors (Lipinski definition) is 0. The number of benzene rings is 1. The zero-order valence-electron chi connectivity index (χ0n) is 14.4. The van der Waals surface area contributed by atoms with Crippen molar-refractivity contribution in [3.63, 3.8) is 0 Å². The Kier molecular flexibility index (Phi) is 6.73. The zero-order chi connectivity index (χ0) is 18.4. The van der Waals surface area contributed by atoms with Gasteiger partial charge in [-0.05, 0) is 44.7 Å². The second kappa shape index (κ2) is 8.78. The van der Waals surface area contributed by atoms with E-state index in [0.717, 1.165) is 25.7 Å². The van der Waals surface area contributed by atoms with Gasteiger partial charge in [-0.15, -0.1) is 0 Å². The number of alkyl halides is 2. The van der Waals surface area contributed by atoms with E-state index in [9.17, 15) is 18.4 Å². The molecule has 1 aliphatic heterocycles. The molecule has 0 saturated carbocycles. The van der Waals surface area contributed by atoms with Gasteiger partial charge in [-0.1, -0.05) is 19.1 Å². The Morgan fingerprint density at radius 3 is 2.68 bits per heavy atom. The lowest BCUT2D eigenvalue weighted by Crippen LogP contribution is -2.48. The van der Waals surface area contributed by atoms with Crippen molar-refractivity contribution in [3.8, 4) is 5.75 Å². The highest BCUT2D eigenvalue weighted by Crippen LogP contribution is 2.23. The van der Waals surface area contributed by atoms with Crippen molar-refractivity contribution >= 4 is 11.9 Å². The van der Waals surface area contributed by atoms with E-state index in [0.29, 0.717) is 6.54 Å². The van der Waals surface area contributed by atoms with Crippen LogP contribution in [-0.2, 0) is 9.53 Å². The molecule has 0 bridgehead atoms. The molecule has 1 aliphatic rings. The number of piperidine rings is 1. The lowest BCUT2D eigenvalue weighted by Gasteiger charge is -2.36. The van der Waals surface area contributed by atoms with Crippen LogP contribution in [0.4, 0.5) is 8.78 Å². The van der Waals surface area contributed by atoms with Gasteiger partial charge in [0.2, 0.25) is 0 Å². The lowest BCUT2D eigenvalue weighted by atomic mass is 9.99. The number of amides is 1. The summed E-state index contributed by atoms with van der Waals surface area (Å²) in [5, 5.41) is 0. The second-order valence-electron chi connectivity index (χ2n) is 6.01. The molecule has 1 aromatic rings. The first-order valence-electron chi connectivity index (χ1n) is 8.49. The van der Waals surface area contributed by atoms with Crippen LogP contribution in [0.5, 0.6) is 5.75 Å². The molecule has 2 rings (SSSR count). The summed E-state index contributed by atoms with van der Waals surface area (Å²) in [6.45, 7) is 1.11. The van der Waals surface area contributed by atoms with Crippen LogP contribution in [0.25, 0.3) is 0 Å². The van der Waals surface area contributed by atoms with E-state index in [1.54, 1.807) is 4.90 Å². The predicted molar refractivity (Wildman–Crippen MR) is 87.6 cm³/mol. The summed E-state index contributed by atoms with van der Waals surface area (Å²) in [5.74, 6) is -1.39. The van der Waals surface area contributed by atoms with E-state index in [4.69, 9.17) is 4.74 Å². The van der Waals surface area contributed by atoms with Gasteiger partial charge >= 0.3 is 12.6 Å². The molecule has 0 aliphatic carbocycles. The zero-order valence-corrected chi connectivity index (χ0v) is 14.4. The van der Waals surface area contributed by atoms with Gasteiger partial charge < -0.3 is 14.4 Å². The number of halogens is 2. The van der Waals surface area contributed by atoms with E-state index >= 15 is 0 Å². The lowest BCUT2D eigenvalue weighted by molar-refractivity contribution is -0.143. The summed E-state index contributed by atoms with van der Waals surface area (Å²) in [6.07, 6.45) is 2.80. The van der Waals surface area contributed by atoms with Crippen LogP contribution in [0, 0.1) is 0 Å². The van der Waals surface area contributed by atoms with E-state index in [1.165, 1.54) is 31.2 Å². The number of likely N-dealkylation sites (tertiary alicyclic amines) is 1. The maximum atomic E-state index is 12.6. The minimum Gasteiger partial charge on any atom is -0.449 e. The van der Waals surface area contributed by atoms with Crippen molar-refractivity contribution in [1.82, 2.24) is 4.90 Å².